The molecule has 0 aliphatic rings. The Morgan fingerprint density at radius 3 is 1.10 bits per heavy atom. The van der Waals surface area contributed by atoms with Crippen LogP contribution in [0.5, 0.6) is 0 Å². The van der Waals surface area contributed by atoms with E-state index in [1.165, 1.54) is 120 Å². The van der Waals surface area contributed by atoms with Gasteiger partial charge in [-0.25, -0.2) is 9.97 Å². The minimum atomic E-state index is 0.670. The fraction of sp³-hybridized carbons (Fsp3) is 0. The second-order valence-corrected chi connectivity index (χ2v) is 26.5. The van der Waals surface area contributed by atoms with E-state index < -0.39 is 0 Å². The molecule has 0 saturated heterocycles. The highest BCUT2D eigenvalue weighted by Crippen LogP contribution is 2.46. The molecule has 0 atom stereocenters. The summed E-state index contributed by atoms with van der Waals surface area (Å²) in [6, 6.07) is 101. The van der Waals surface area contributed by atoms with Crippen LogP contribution < -0.4 is 0 Å². The third kappa shape index (κ3) is 7.07. The molecule has 0 unspecified atom stereocenters. The monoisotopic (exact) mass is 1170 g/mol. The zero-order valence-corrected chi connectivity index (χ0v) is 49.4. The Bertz CT molecular complexity index is 6380. The van der Waals surface area contributed by atoms with Crippen molar-refractivity contribution in [2.45, 2.75) is 0 Å². The Morgan fingerprint density at radius 1 is 0.216 bits per heavy atom. The lowest BCUT2D eigenvalue weighted by Gasteiger charge is -2.14. The number of hydrogen-bond donors (Lipinski definition) is 0. The molecule has 0 amide bonds. The predicted octanol–water partition coefficient (Wildman–Crippen LogP) is 23.0. The van der Waals surface area contributed by atoms with Crippen molar-refractivity contribution in [3.05, 3.63) is 273 Å². The van der Waals surface area contributed by atoms with Crippen LogP contribution in [0.25, 0.3) is 188 Å². The van der Waals surface area contributed by atoms with Gasteiger partial charge in [0.2, 0.25) is 0 Å². The van der Waals surface area contributed by atoms with Gasteiger partial charge in [-0.15, -0.1) is 34.0 Å². The predicted molar refractivity (Wildman–Crippen MR) is 378 cm³/mol. The first kappa shape index (κ1) is 48.5. The van der Waals surface area contributed by atoms with Gasteiger partial charge in [0.05, 0.1) is 44.3 Å². The molecule has 0 radical (unpaired) electrons. The smallest absolute Gasteiger partial charge is 0.160 e. The van der Waals surface area contributed by atoms with Crippen molar-refractivity contribution < 1.29 is 0 Å². The molecule has 0 fully saturated rings. The first-order valence-corrected chi connectivity index (χ1v) is 32.2. The van der Waals surface area contributed by atoms with E-state index in [4.69, 9.17) is 9.97 Å². The largest absolute Gasteiger partial charge is 0.309 e. The van der Waals surface area contributed by atoms with Crippen LogP contribution in [0.3, 0.4) is 0 Å². The van der Waals surface area contributed by atoms with Crippen molar-refractivity contribution in [1.29, 1.82) is 0 Å². The van der Waals surface area contributed by atoms with Gasteiger partial charge in [0.15, 0.2) is 5.82 Å². The lowest BCUT2D eigenvalue weighted by molar-refractivity contribution is 1.17. The van der Waals surface area contributed by atoms with Crippen LogP contribution >= 0.6 is 34.0 Å². The Labute approximate surface area is 514 Å². The van der Waals surface area contributed by atoms with Crippen LogP contribution in [0, 0.1) is 0 Å². The molecule has 13 aromatic carbocycles. The Balaban J connectivity index is 0.766. The van der Waals surface area contributed by atoms with Crippen LogP contribution in [-0.2, 0) is 0 Å². The number of rotatable bonds is 6. The number of para-hydroxylation sites is 3. The van der Waals surface area contributed by atoms with E-state index in [0.29, 0.717) is 5.82 Å². The number of aromatic nitrogens is 5. The highest BCUT2D eigenvalue weighted by Gasteiger charge is 2.22. The lowest BCUT2D eigenvalue weighted by Crippen LogP contribution is -1.99. The summed E-state index contributed by atoms with van der Waals surface area (Å²) in [7, 11) is 0. The van der Waals surface area contributed by atoms with E-state index >= 15 is 0 Å². The van der Waals surface area contributed by atoms with E-state index in [1.807, 2.05) is 34.0 Å². The lowest BCUT2D eigenvalue weighted by atomic mass is 9.99. The summed E-state index contributed by atoms with van der Waals surface area (Å²) in [4.78, 5) is 11.2. The molecule has 0 saturated carbocycles. The van der Waals surface area contributed by atoms with Gasteiger partial charge in [-0.05, 0) is 132 Å². The molecule has 7 aromatic heterocycles. The van der Waals surface area contributed by atoms with Gasteiger partial charge >= 0.3 is 0 Å². The summed E-state index contributed by atoms with van der Waals surface area (Å²) >= 11 is 5.60. The van der Waals surface area contributed by atoms with E-state index in [-0.39, 0.29) is 0 Å². The standard InChI is InChI=1S/C80H45N5S3/c1-7-25-67-53(19-1)59-43-76-62(56-22-4-10-28-73(56)86-76)40-70(59)83(67)50-34-31-46(32-35-50)79-65-39-48(47-15-13-17-51(37-47)84-68-26-8-2-20-54(68)60-44-77-63(41-71(60)84)57-23-5-11-29-74(57)87-77)33-36-66(65)81-80(82-79)49-16-14-18-52(38-49)85-69-27-9-3-21-55(69)61-45-78-64(42-72(61)85)58-24-6-12-30-75(58)88-78/h1-45H. The zero-order chi connectivity index (χ0) is 57.3. The van der Waals surface area contributed by atoms with Gasteiger partial charge in [0.1, 0.15) is 0 Å². The average molecular weight is 1170 g/mol. The van der Waals surface area contributed by atoms with Gasteiger partial charge in [-0.3, -0.25) is 0 Å². The van der Waals surface area contributed by atoms with Crippen LogP contribution in [0.4, 0.5) is 0 Å². The molecular formula is C80H45N5S3. The minimum Gasteiger partial charge on any atom is -0.309 e. The van der Waals surface area contributed by atoms with Crippen molar-refractivity contribution in [2.24, 2.45) is 0 Å². The van der Waals surface area contributed by atoms with Gasteiger partial charge in [-0.1, -0.05) is 152 Å². The molecule has 0 bridgehead atoms. The van der Waals surface area contributed by atoms with Crippen molar-refractivity contribution in [3.63, 3.8) is 0 Å². The summed E-state index contributed by atoms with van der Waals surface area (Å²) in [5, 5.41) is 16.2. The van der Waals surface area contributed by atoms with E-state index in [1.54, 1.807) is 0 Å². The maximum absolute atomic E-state index is 5.68. The quantitative estimate of drug-likeness (QED) is 0.166. The second kappa shape index (κ2) is 18.4. The van der Waals surface area contributed by atoms with E-state index in [2.05, 4.69) is 287 Å². The molecule has 88 heavy (non-hydrogen) atoms. The molecule has 20 aromatic rings. The third-order valence-corrected chi connectivity index (χ3v) is 21.8. The summed E-state index contributed by atoms with van der Waals surface area (Å²) in [5.74, 6) is 0.670. The minimum absolute atomic E-state index is 0.670. The summed E-state index contributed by atoms with van der Waals surface area (Å²) < 4.78 is 15.1. The molecule has 0 aliphatic heterocycles. The first-order valence-electron chi connectivity index (χ1n) is 29.8. The van der Waals surface area contributed by atoms with Crippen LogP contribution in [-0.4, -0.2) is 23.7 Å². The highest BCUT2D eigenvalue weighted by molar-refractivity contribution is 7.26. The Hall–Kier alpha value is -10.7. The summed E-state index contributed by atoms with van der Waals surface area (Å²) in [6.45, 7) is 0. The summed E-state index contributed by atoms with van der Waals surface area (Å²) in [5.41, 5.74) is 16.3. The topological polar surface area (TPSA) is 40.6 Å². The normalized spacial score (nSPS) is 12.3. The fourth-order valence-electron chi connectivity index (χ4n) is 14.4. The molecule has 0 spiro atoms. The fourth-order valence-corrected chi connectivity index (χ4v) is 17.8. The van der Waals surface area contributed by atoms with Crippen LogP contribution in [0.15, 0.2) is 273 Å². The molecule has 20 rings (SSSR count). The Kier molecular flexibility index (Phi) is 10.1. The number of fused-ring (bicyclic) bond motifs is 19. The summed E-state index contributed by atoms with van der Waals surface area (Å²) in [6.07, 6.45) is 0. The average Bonchev–Trinajstić information content (AvgIpc) is 2.62. The maximum Gasteiger partial charge on any atom is 0.160 e. The maximum atomic E-state index is 5.68. The van der Waals surface area contributed by atoms with Gasteiger partial charge in [-0.2, -0.15) is 0 Å². The van der Waals surface area contributed by atoms with Crippen molar-refractivity contribution in [1.82, 2.24) is 23.7 Å². The molecule has 8 heteroatoms. The zero-order valence-electron chi connectivity index (χ0n) is 46.9. The first-order chi connectivity index (χ1) is 43.6. The highest BCUT2D eigenvalue weighted by atomic mass is 32.1. The SMILES string of the molecule is c1cc(-c2ccc3nc(-c4cccc(-n5c6ccccc6c6cc7sc8ccccc8c7cc65)c4)nc(-c4ccc(-n5c6ccccc6c6cc7sc8ccccc8c7cc65)cc4)c3c2)cc(-n2c3ccccc3c3cc4sc5ccccc5c4cc32)c1. The van der Waals surface area contributed by atoms with Crippen LogP contribution in [0.2, 0.25) is 0 Å². The van der Waals surface area contributed by atoms with Crippen molar-refractivity contribution in [3.8, 4) is 50.8 Å². The number of benzene rings is 13. The molecule has 5 nitrogen and oxygen atoms in total. The number of hydrogen-bond acceptors (Lipinski definition) is 5. The van der Waals surface area contributed by atoms with E-state index in [0.717, 1.165) is 61.4 Å². The van der Waals surface area contributed by atoms with Crippen molar-refractivity contribution in [2.75, 3.05) is 0 Å². The second-order valence-electron chi connectivity index (χ2n) is 23.2. The van der Waals surface area contributed by atoms with Crippen LogP contribution in [0.1, 0.15) is 0 Å². The molecule has 7 heterocycles. The number of thiophene rings is 3. The van der Waals surface area contributed by atoms with Gasteiger partial charge in [0, 0.05) is 126 Å². The van der Waals surface area contributed by atoms with Gasteiger partial charge < -0.3 is 13.7 Å². The van der Waals surface area contributed by atoms with E-state index in [9.17, 15) is 0 Å². The molecule has 0 N–H and O–H groups in total. The molecular weight excluding hydrogens is 1130 g/mol. The molecule has 0 aliphatic carbocycles. The molecule has 408 valence electrons. The third-order valence-electron chi connectivity index (χ3n) is 18.4. The Morgan fingerprint density at radius 2 is 0.614 bits per heavy atom. The van der Waals surface area contributed by atoms with Crippen molar-refractivity contribution >= 4 is 171 Å². The van der Waals surface area contributed by atoms with Gasteiger partial charge in [0.25, 0.3) is 0 Å². The number of nitrogens with zero attached hydrogens (tertiary/aromatic N) is 5.